The molecule has 0 aliphatic carbocycles. The molecule has 0 atom stereocenters. The number of aryl methyl sites for hydroxylation is 2. The fraction of sp³-hybridized carbons (Fsp3) is 0.0833. The number of anilines is 2. The fourth-order valence-electron chi connectivity index (χ4n) is 3.34. The molecule has 2 aromatic heterocycles. The molecule has 148 valence electrons. The molecule has 4 rings (SSSR count). The zero-order valence-electron chi connectivity index (χ0n) is 16.6. The molecule has 0 aliphatic heterocycles. The molecule has 6 heteroatoms. The third-order valence-electron chi connectivity index (χ3n) is 4.62. The van der Waals surface area contributed by atoms with E-state index < -0.39 is 0 Å². The first kappa shape index (κ1) is 19.3. The van der Waals surface area contributed by atoms with Crippen LogP contribution >= 0.6 is 0 Å². The van der Waals surface area contributed by atoms with Gasteiger partial charge in [-0.3, -0.25) is 19.6 Å². The normalized spacial score (nSPS) is 10.6. The van der Waals surface area contributed by atoms with Crippen molar-refractivity contribution in [2.24, 2.45) is 0 Å². The predicted octanol–water partition coefficient (Wildman–Crippen LogP) is 4.75. The summed E-state index contributed by atoms with van der Waals surface area (Å²) in [7, 11) is 0. The quantitative estimate of drug-likeness (QED) is 0.521. The molecule has 30 heavy (non-hydrogen) atoms. The van der Waals surface area contributed by atoms with Gasteiger partial charge >= 0.3 is 0 Å². The van der Waals surface area contributed by atoms with Crippen LogP contribution in [-0.2, 0) is 0 Å². The highest BCUT2D eigenvalue weighted by Crippen LogP contribution is 2.21. The van der Waals surface area contributed by atoms with E-state index in [2.05, 4.69) is 20.6 Å². The molecular weight excluding hydrogens is 376 g/mol. The Balaban J connectivity index is 1.55. The van der Waals surface area contributed by atoms with Crippen LogP contribution in [0.25, 0.3) is 10.9 Å². The third kappa shape index (κ3) is 4.17. The van der Waals surface area contributed by atoms with Gasteiger partial charge in [-0.15, -0.1) is 0 Å². The van der Waals surface area contributed by atoms with Crippen LogP contribution in [0.1, 0.15) is 32.0 Å². The summed E-state index contributed by atoms with van der Waals surface area (Å²) in [5.41, 5.74) is 4.61. The first-order valence-corrected chi connectivity index (χ1v) is 9.50. The molecule has 0 spiro atoms. The molecule has 2 aromatic carbocycles. The lowest BCUT2D eigenvalue weighted by atomic mass is 10.1. The smallest absolute Gasteiger partial charge is 0.274 e. The minimum atomic E-state index is -0.374. The fourth-order valence-corrected chi connectivity index (χ4v) is 3.34. The Hall–Kier alpha value is -4.06. The van der Waals surface area contributed by atoms with Crippen LogP contribution in [0.2, 0.25) is 0 Å². The number of amides is 2. The topological polar surface area (TPSA) is 84.0 Å². The minimum Gasteiger partial charge on any atom is -0.321 e. The molecular formula is C24H20N4O2. The van der Waals surface area contributed by atoms with Crippen LogP contribution in [0.15, 0.2) is 73.1 Å². The summed E-state index contributed by atoms with van der Waals surface area (Å²) >= 11 is 0. The standard InChI is InChI=1S/C24H20N4O2/c1-15-11-16(2)13-19(12-15)27-24(30)21-14-18(8-10-25-21)23(29)28-20-7-3-5-17-6-4-9-26-22(17)20/h3-14H,1-2H3,(H,27,30)(H,28,29). The summed E-state index contributed by atoms with van der Waals surface area (Å²) in [4.78, 5) is 33.9. The highest BCUT2D eigenvalue weighted by atomic mass is 16.2. The summed E-state index contributed by atoms with van der Waals surface area (Å²) in [6.07, 6.45) is 3.13. The number of nitrogens with zero attached hydrogens (tertiary/aromatic N) is 2. The van der Waals surface area contributed by atoms with Gasteiger partial charge in [0, 0.05) is 29.0 Å². The van der Waals surface area contributed by atoms with Gasteiger partial charge in [0.1, 0.15) is 5.69 Å². The Bertz CT molecular complexity index is 1240. The second kappa shape index (κ2) is 8.13. The monoisotopic (exact) mass is 396 g/mol. The number of fused-ring (bicyclic) bond motifs is 1. The lowest BCUT2D eigenvalue weighted by molar-refractivity contribution is 0.102. The first-order valence-electron chi connectivity index (χ1n) is 9.50. The molecule has 6 nitrogen and oxygen atoms in total. The van der Waals surface area contributed by atoms with Crippen molar-refractivity contribution in [3.8, 4) is 0 Å². The van der Waals surface area contributed by atoms with Crippen LogP contribution in [0.4, 0.5) is 11.4 Å². The number of carbonyl (C=O) groups excluding carboxylic acids is 2. The summed E-state index contributed by atoms with van der Waals surface area (Å²) in [5.74, 6) is -0.711. The zero-order valence-corrected chi connectivity index (χ0v) is 16.6. The van der Waals surface area contributed by atoms with Crippen LogP contribution in [-0.4, -0.2) is 21.8 Å². The Labute approximate surface area is 174 Å². The Morgan fingerprint density at radius 2 is 1.53 bits per heavy atom. The lowest BCUT2D eigenvalue weighted by Crippen LogP contribution is -2.17. The molecule has 0 aliphatic rings. The van der Waals surface area contributed by atoms with E-state index in [0.717, 1.165) is 16.5 Å². The molecule has 0 radical (unpaired) electrons. The van der Waals surface area contributed by atoms with Gasteiger partial charge in [-0.1, -0.05) is 24.3 Å². The second-order valence-corrected chi connectivity index (χ2v) is 7.10. The number of benzene rings is 2. The highest BCUT2D eigenvalue weighted by Gasteiger charge is 2.14. The van der Waals surface area contributed by atoms with E-state index in [-0.39, 0.29) is 17.5 Å². The van der Waals surface area contributed by atoms with Gasteiger partial charge in [0.25, 0.3) is 11.8 Å². The van der Waals surface area contributed by atoms with Gasteiger partial charge in [0.2, 0.25) is 0 Å². The molecule has 0 fully saturated rings. The number of hydrogen-bond donors (Lipinski definition) is 2. The average Bonchev–Trinajstić information content (AvgIpc) is 2.73. The van der Waals surface area contributed by atoms with E-state index in [0.29, 0.717) is 22.5 Å². The van der Waals surface area contributed by atoms with Crippen molar-refractivity contribution >= 4 is 34.1 Å². The molecule has 0 bridgehead atoms. The van der Waals surface area contributed by atoms with Crippen LogP contribution < -0.4 is 10.6 Å². The largest absolute Gasteiger partial charge is 0.321 e. The molecule has 4 aromatic rings. The van der Waals surface area contributed by atoms with Crippen LogP contribution in [0.5, 0.6) is 0 Å². The van der Waals surface area contributed by atoms with Crippen molar-refractivity contribution in [3.63, 3.8) is 0 Å². The first-order chi connectivity index (χ1) is 14.5. The Morgan fingerprint density at radius 1 is 0.767 bits per heavy atom. The lowest BCUT2D eigenvalue weighted by Gasteiger charge is -2.10. The Kier molecular flexibility index (Phi) is 5.22. The number of carbonyl (C=O) groups is 2. The van der Waals surface area contributed by atoms with Gasteiger partial charge < -0.3 is 10.6 Å². The molecule has 2 N–H and O–H groups in total. The van der Waals surface area contributed by atoms with E-state index in [1.807, 2.05) is 56.3 Å². The van der Waals surface area contributed by atoms with E-state index in [4.69, 9.17) is 0 Å². The van der Waals surface area contributed by atoms with E-state index in [1.165, 1.54) is 12.3 Å². The predicted molar refractivity (Wildman–Crippen MR) is 118 cm³/mol. The second-order valence-electron chi connectivity index (χ2n) is 7.10. The SMILES string of the molecule is Cc1cc(C)cc(NC(=O)c2cc(C(=O)Nc3cccc4cccnc34)ccn2)c1. The maximum Gasteiger partial charge on any atom is 0.274 e. The van der Waals surface area contributed by atoms with Crippen LogP contribution in [0.3, 0.4) is 0 Å². The van der Waals surface area contributed by atoms with Gasteiger partial charge in [-0.25, -0.2) is 0 Å². The molecule has 0 saturated carbocycles. The summed E-state index contributed by atoms with van der Waals surface area (Å²) in [6.45, 7) is 3.93. The molecule has 2 amide bonds. The number of nitrogens with one attached hydrogen (secondary N) is 2. The maximum atomic E-state index is 12.8. The van der Waals surface area contributed by atoms with Crippen molar-refractivity contribution in [3.05, 3.63) is 95.4 Å². The Morgan fingerprint density at radius 3 is 2.33 bits per heavy atom. The maximum absolute atomic E-state index is 12.8. The number of pyridine rings is 2. The van der Waals surface area contributed by atoms with E-state index in [1.54, 1.807) is 18.3 Å². The molecule has 0 unspecified atom stereocenters. The van der Waals surface area contributed by atoms with Crippen molar-refractivity contribution in [1.82, 2.24) is 9.97 Å². The summed E-state index contributed by atoms with van der Waals surface area (Å²) < 4.78 is 0. The van der Waals surface area contributed by atoms with Gasteiger partial charge in [0.15, 0.2) is 0 Å². The van der Waals surface area contributed by atoms with Crippen molar-refractivity contribution in [2.45, 2.75) is 13.8 Å². The van der Waals surface area contributed by atoms with Crippen LogP contribution in [0, 0.1) is 13.8 Å². The number of hydrogen-bond acceptors (Lipinski definition) is 4. The van der Waals surface area contributed by atoms with Gasteiger partial charge in [-0.2, -0.15) is 0 Å². The molecule has 0 saturated heterocycles. The van der Waals surface area contributed by atoms with Gasteiger partial charge in [-0.05, 0) is 61.4 Å². The van der Waals surface area contributed by atoms with E-state index >= 15 is 0 Å². The van der Waals surface area contributed by atoms with Crippen molar-refractivity contribution in [1.29, 1.82) is 0 Å². The van der Waals surface area contributed by atoms with Gasteiger partial charge in [0.05, 0.1) is 11.2 Å². The van der Waals surface area contributed by atoms with E-state index in [9.17, 15) is 9.59 Å². The number of aromatic nitrogens is 2. The average molecular weight is 396 g/mol. The highest BCUT2D eigenvalue weighted by molar-refractivity contribution is 6.10. The zero-order chi connectivity index (χ0) is 21.1. The minimum absolute atomic E-state index is 0.165. The summed E-state index contributed by atoms with van der Waals surface area (Å²) in [5, 5.41) is 6.64. The number of rotatable bonds is 4. The third-order valence-corrected chi connectivity index (χ3v) is 4.62. The van der Waals surface area contributed by atoms with Crippen molar-refractivity contribution < 1.29 is 9.59 Å². The number of para-hydroxylation sites is 1. The van der Waals surface area contributed by atoms with Crippen molar-refractivity contribution in [2.75, 3.05) is 10.6 Å². The molecule has 2 heterocycles. The summed E-state index contributed by atoms with van der Waals surface area (Å²) in [6, 6.07) is 18.2.